The molecule has 2 aromatic carbocycles. The quantitative estimate of drug-likeness (QED) is 0.385. The van der Waals surface area contributed by atoms with Gasteiger partial charge in [0.25, 0.3) is 0 Å². The molecule has 0 spiro atoms. The molecule has 1 atom stereocenters. The molecular formula is C16H16N2O4. The van der Waals surface area contributed by atoms with Gasteiger partial charge in [-0.05, 0) is 11.1 Å². The minimum atomic E-state index is -0.785. The summed E-state index contributed by atoms with van der Waals surface area (Å²) in [5, 5.41) is 22.2. The fourth-order valence-electron chi connectivity index (χ4n) is 1.89. The minimum absolute atomic E-state index is 0.119. The van der Waals surface area contributed by atoms with Crippen LogP contribution in [0.2, 0.25) is 0 Å². The van der Waals surface area contributed by atoms with Gasteiger partial charge in [0.1, 0.15) is 12.6 Å². The third-order valence-corrected chi connectivity index (χ3v) is 2.92. The van der Waals surface area contributed by atoms with Crippen molar-refractivity contribution in [2.24, 2.45) is 0 Å². The van der Waals surface area contributed by atoms with Crippen molar-refractivity contribution in [2.75, 3.05) is 0 Å². The van der Waals surface area contributed by atoms with Gasteiger partial charge in [0.15, 0.2) is 0 Å². The highest BCUT2D eigenvalue weighted by Crippen LogP contribution is 2.11. The zero-order chi connectivity index (χ0) is 15.8. The van der Waals surface area contributed by atoms with E-state index in [0.29, 0.717) is 5.56 Å². The minimum Gasteiger partial charge on any atom is -0.445 e. The first-order valence-corrected chi connectivity index (χ1v) is 6.67. The van der Waals surface area contributed by atoms with Gasteiger partial charge in [-0.1, -0.05) is 60.7 Å². The van der Waals surface area contributed by atoms with Gasteiger partial charge in [0.05, 0.1) is 0 Å². The molecule has 0 aromatic heterocycles. The molecule has 0 aliphatic carbocycles. The van der Waals surface area contributed by atoms with E-state index < -0.39 is 12.1 Å². The van der Waals surface area contributed by atoms with Gasteiger partial charge >= 0.3 is 6.09 Å². The average Bonchev–Trinajstić information content (AvgIpc) is 2.54. The van der Waals surface area contributed by atoms with Crippen LogP contribution in [-0.2, 0) is 11.3 Å². The molecule has 0 radical (unpaired) electrons. The summed E-state index contributed by atoms with van der Waals surface area (Å²) in [4.78, 5) is 11.5. The molecule has 1 unspecified atom stereocenters. The summed E-state index contributed by atoms with van der Waals surface area (Å²) in [7, 11) is 0. The summed E-state index contributed by atoms with van der Waals surface area (Å²) in [6, 6.07) is 17.2. The number of nitrogens with one attached hydrogen (secondary N) is 1. The number of rotatable bonds is 5. The van der Waals surface area contributed by atoms with Gasteiger partial charge in [-0.3, -0.25) is 5.21 Å². The highest BCUT2D eigenvalue weighted by atomic mass is 16.8. The number of alkyl carbamates (subject to hydrolysis) is 1. The fraction of sp³-hybridized carbons (Fsp3) is 0.125. The Labute approximate surface area is 127 Å². The van der Waals surface area contributed by atoms with E-state index in [2.05, 4.69) is 5.32 Å². The zero-order valence-electron chi connectivity index (χ0n) is 11.8. The predicted molar refractivity (Wildman–Crippen MR) is 80.4 cm³/mol. The van der Waals surface area contributed by atoms with Crippen LogP contribution in [0.25, 0.3) is 0 Å². The number of benzene rings is 2. The number of nitrogens with zero attached hydrogens (tertiary/aromatic N) is 1. The van der Waals surface area contributed by atoms with E-state index in [-0.39, 0.29) is 11.5 Å². The molecule has 0 aliphatic rings. The maximum Gasteiger partial charge on any atom is 0.408 e. The van der Waals surface area contributed by atoms with Crippen molar-refractivity contribution in [1.29, 1.82) is 0 Å². The first kappa shape index (κ1) is 15.4. The van der Waals surface area contributed by atoms with Crippen LogP contribution in [0.4, 0.5) is 4.79 Å². The number of carbonyl (C=O) groups is 1. The Morgan fingerprint density at radius 1 is 1.18 bits per heavy atom. The number of amides is 1. The van der Waals surface area contributed by atoms with E-state index in [1.165, 1.54) is 0 Å². The molecule has 6 heteroatoms. The van der Waals surface area contributed by atoms with Crippen molar-refractivity contribution in [1.82, 2.24) is 5.32 Å². The lowest BCUT2D eigenvalue weighted by molar-refractivity contribution is -0.723. The Kier molecular flexibility index (Phi) is 5.37. The molecule has 0 bridgehead atoms. The molecule has 6 nitrogen and oxygen atoms in total. The van der Waals surface area contributed by atoms with Gasteiger partial charge in [-0.15, -0.1) is 0 Å². The number of ether oxygens (including phenoxy) is 1. The first-order chi connectivity index (χ1) is 10.6. The van der Waals surface area contributed by atoms with Gasteiger partial charge in [0, 0.05) is 4.90 Å². The molecule has 0 aliphatic heterocycles. The first-order valence-electron chi connectivity index (χ1n) is 6.67. The SMILES string of the molecule is O=C(NC(/C=[N+](/[O-])O)c1ccccc1)OCc1ccccc1. The van der Waals surface area contributed by atoms with Crippen LogP contribution in [0.15, 0.2) is 60.7 Å². The number of hydrogen-bond acceptors (Lipinski definition) is 4. The van der Waals surface area contributed by atoms with Crippen LogP contribution in [0, 0.1) is 5.21 Å². The van der Waals surface area contributed by atoms with Crippen LogP contribution in [-0.4, -0.2) is 22.4 Å². The standard InChI is InChI=1S/C16H16N2O4/c19-16(22-12-13-7-3-1-4-8-13)17-15(11-18(20)21)14-9-5-2-6-10-14/h1-11,15H,12H2,(H,17,19)(H,20,21). The van der Waals surface area contributed by atoms with Crippen molar-refractivity contribution >= 4 is 12.3 Å². The van der Waals surface area contributed by atoms with Crippen molar-refractivity contribution < 1.29 is 19.6 Å². The molecule has 2 N–H and O–H groups in total. The predicted octanol–water partition coefficient (Wildman–Crippen LogP) is 2.62. The van der Waals surface area contributed by atoms with Crippen LogP contribution in [0.5, 0.6) is 0 Å². The largest absolute Gasteiger partial charge is 0.445 e. The van der Waals surface area contributed by atoms with Crippen LogP contribution in [0.1, 0.15) is 17.2 Å². The maximum atomic E-state index is 11.8. The molecule has 0 heterocycles. The second kappa shape index (κ2) is 7.68. The molecule has 22 heavy (non-hydrogen) atoms. The summed E-state index contributed by atoms with van der Waals surface area (Å²) >= 11 is 0. The summed E-state index contributed by atoms with van der Waals surface area (Å²) in [5.41, 5.74) is 1.50. The highest BCUT2D eigenvalue weighted by molar-refractivity contribution is 5.74. The Bertz CT molecular complexity index is 625. The second-order valence-electron chi connectivity index (χ2n) is 4.55. The summed E-state index contributed by atoms with van der Waals surface area (Å²) in [6.07, 6.45) is 0.245. The van der Waals surface area contributed by atoms with E-state index in [9.17, 15) is 10.0 Å². The Hall–Kier alpha value is -3.02. The normalized spacial score (nSPS) is 12.5. The summed E-state index contributed by atoms with van der Waals surface area (Å²) in [5.74, 6) is 0. The molecule has 0 fully saturated rings. The highest BCUT2D eigenvalue weighted by Gasteiger charge is 2.17. The van der Waals surface area contributed by atoms with Gasteiger partial charge in [-0.25, -0.2) is 4.79 Å². The topological polar surface area (TPSA) is 84.6 Å². The van der Waals surface area contributed by atoms with Crippen LogP contribution < -0.4 is 5.32 Å². The lowest BCUT2D eigenvalue weighted by atomic mass is 10.1. The van der Waals surface area contributed by atoms with E-state index >= 15 is 0 Å². The maximum absolute atomic E-state index is 11.8. The van der Waals surface area contributed by atoms with Gasteiger partial charge in [-0.2, -0.15) is 0 Å². The number of hydrogen-bond donors (Lipinski definition) is 2. The summed E-state index contributed by atoms with van der Waals surface area (Å²) in [6.45, 7) is 0.119. The Morgan fingerprint density at radius 3 is 2.36 bits per heavy atom. The lowest BCUT2D eigenvalue weighted by Crippen LogP contribution is -2.31. The Morgan fingerprint density at radius 2 is 1.77 bits per heavy atom. The molecule has 1 amide bonds. The molecule has 0 saturated heterocycles. The molecule has 0 saturated carbocycles. The van der Waals surface area contributed by atoms with E-state index in [1.54, 1.807) is 24.3 Å². The molecule has 2 rings (SSSR count). The van der Waals surface area contributed by atoms with Crippen molar-refractivity contribution in [3.05, 3.63) is 77.0 Å². The zero-order valence-corrected chi connectivity index (χ0v) is 11.8. The Balaban J connectivity index is 1.98. The monoisotopic (exact) mass is 300 g/mol. The smallest absolute Gasteiger partial charge is 0.408 e. The third-order valence-electron chi connectivity index (χ3n) is 2.92. The van der Waals surface area contributed by atoms with Crippen LogP contribution in [0.3, 0.4) is 0 Å². The second-order valence-corrected chi connectivity index (χ2v) is 4.55. The molecule has 114 valence electrons. The van der Waals surface area contributed by atoms with E-state index in [4.69, 9.17) is 9.94 Å². The third kappa shape index (κ3) is 4.82. The lowest BCUT2D eigenvalue weighted by Gasteiger charge is -2.13. The number of carbonyl (C=O) groups excluding carboxylic acids is 1. The molecular weight excluding hydrogens is 284 g/mol. The fourth-order valence-corrected chi connectivity index (χ4v) is 1.89. The van der Waals surface area contributed by atoms with Gasteiger partial charge in [0.2, 0.25) is 6.21 Å². The van der Waals surface area contributed by atoms with Crippen molar-refractivity contribution in [3.63, 3.8) is 0 Å². The van der Waals surface area contributed by atoms with Crippen LogP contribution >= 0.6 is 0 Å². The van der Waals surface area contributed by atoms with Crippen molar-refractivity contribution in [3.8, 4) is 0 Å². The average molecular weight is 300 g/mol. The van der Waals surface area contributed by atoms with Gasteiger partial charge < -0.3 is 15.3 Å². The van der Waals surface area contributed by atoms with E-state index in [1.807, 2.05) is 36.4 Å². The molecule has 2 aromatic rings. The summed E-state index contributed by atoms with van der Waals surface area (Å²) < 4.78 is 5.09. The van der Waals surface area contributed by atoms with Crippen molar-refractivity contribution in [2.45, 2.75) is 12.6 Å². The van der Waals surface area contributed by atoms with E-state index in [0.717, 1.165) is 11.8 Å².